The number of aliphatic carboxylic acids is 1. The molecule has 0 heterocycles. The van der Waals surface area contributed by atoms with Crippen molar-refractivity contribution < 1.29 is 31.6 Å². The molecule has 0 aliphatic carbocycles. The van der Waals surface area contributed by atoms with Gasteiger partial charge in [-0.05, 0) is 0 Å². The second-order valence-electron chi connectivity index (χ2n) is 0.598. The molecule has 0 aliphatic heterocycles. The minimum absolute atomic E-state index is 0. The molecule has 6 heteroatoms. The van der Waals surface area contributed by atoms with Crippen LogP contribution in [0.4, 0.5) is 0 Å². The van der Waals surface area contributed by atoms with Gasteiger partial charge in [0, 0.05) is 17.1 Å². The molecule has 0 aromatic carbocycles. The third kappa shape index (κ3) is 34.6. The van der Waals surface area contributed by atoms with Crippen LogP contribution < -0.4 is 5.73 Å². The van der Waals surface area contributed by atoms with Gasteiger partial charge in [0.05, 0.1) is 18.4 Å². The fourth-order valence-electron chi connectivity index (χ4n) is 0. The first kappa shape index (κ1) is 15.7. The number of carboxylic acid groups (broad SMARTS) is 1. The number of hydrogen-bond donors (Lipinski definition) is 3. The smallest absolute Gasteiger partial charge is 0.317 e. The maximum atomic E-state index is 9.24. The van der Waals surface area contributed by atoms with E-state index < -0.39 is 5.97 Å². The van der Waals surface area contributed by atoms with Crippen LogP contribution in [0.3, 0.4) is 0 Å². The number of hydrogen-bond acceptors (Lipinski definition) is 3. The van der Waals surface area contributed by atoms with Crippen LogP contribution in [-0.4, -0.2) is 22.3 Å². The largest absolute Gasteiger partial charge is 0.480 e. The summed E-state index contributed by atoms with van der Waals surface area (Å²) in [5.74, 6) is -0.968. The van der Waals surface area contributed by atoms with Crippen molar-refractivity contribution in [3.05, 3.63) is 0 Å². The SMILES string of the molecule is NCC(=O)O.OCl.[Fe]. The van der Waals surface area contributed by atoms with E-state index in [1.165, 1.54) is 0 Å². The van der Waals surface area contributed by atoms with Gasteiger partial charge < -0.3 is 10.8 Å². The van der Waals surface area contributed by atoms with Gasteiger partial charge in [0.2, 0.25) is 0 Å². The molecule has 0 bridgehead atoms. The van der Waals surface area contributed by atoms with Gasteiger partial charge in [-0.25, -0.2) is 0 Å². The zero-order valence-electron chi connectivity index (χ0n) is 3.82. The molecule has 0 atom stereocenters. The van der Waals surface area contributed by atoms with Gasteiger partial charge in [0.25, 0.3) is 0 Å². The topological polar surface area (TPSA) is 83.6 Å². The minimum atomic E-state index is -0.968. The van der Waals surface area contributed by atoms with Gasteiger partial charge >= 0.3 is 5.97 Å². The summed E-state index contributed by atoms with van der Waals surface area (Å²) in [5.41, 5.74) is 4.57. The summed E-state index contributed by atoms with van der Waals surface area (Å²) < 4.78 is 6.47. The molecule has 0 aliphatic rings. The number of carboxylic acids is 1. The molecule has 52 valence electrons. The monoisotopic (exact) mass is 183 g/mol. The maximum absolute atomic E-state index is 9.24. The molecule has 0 radical (unpaired) electrons. The molecule has 0 fully saturated rings. The standard InChI is InChI=1S/C2H5NO2.ClHO.Fe/c3-1-2(4)5;1-2;/h1,3H2,(H,4,5);2H;. The summed E-state index contributed by atoms with van der Waals surface area (Å²) in [6, 6.07) is 0. The zero-order valence-corrected chi connectivity index (χ0v) is 5.68. The summed E-state index contributed by atoms with van der Waals surface area (Å²) in [6.45, 7) is -0.278. The van der Waals surface area contributed by atoms with Crippen LogP contribution in [-0.2, 0) is 21.9 Å². The Hall–Kier alpha value is 0.199. The molecule has 0 rings (SSSR count). The predicted molar refractivity (Wildman–Crippen MR) is 24.8 cm³/mol. The molecular weight excluding hydrogens is 177 g/mol. The van der Waals surface area contributed by atoms with Crippen LogP contribution >= 0.6 is 11.9 Å². The van der Waals surface area contributed by atoms with Crippen LogP contribution in [0.5, 0.6) is 0 Å². The second-order valence-corrected chi connectivity index (χ2v) is 0.598. The van der Waals surface area contributed by atoms with Crippen LogP contribution in [0.25, 0.3) is 0 Å². The Morgan fingerprint density at radius 3 is 1.75 bits per heavy atom. The Balaban J connectivity index is -0.0000000750. The van der Waals surface area contributed by atoms with E-state index >= 15 is 0 Å². The van der Waals surface area contributed by atoms with Crippen LogP contribution in [0, 0.1) is 0 Å². The molecule has 0 amide bonds. The first-order valence-electron chi connectivity index (χ1n) is 1.36. The molecule has 4 nitrogen and oxygen atoms in total. The molecule has 0 saturated heterocycles. The number of halogens is 1. The summed E-state index contributed by atoms with van der Waals surface area (Å²) in [7, 11) is 0. The van der Waals surface area contributed by atoms with Crippen LogP contribution in [0.1, 0.15) is 0 Å². The van der Waals surface area contributed by atoms with Gasteiger partial charge in [0.15, 0.2) is 0 Å². The number of carbonyl (C=O) groups is 1. The minimum Gasteiger partial charge on any atom is -0.480 e. The first-order chi connectivity index (χ1) is 3.27. The van der Waals surface area contributed by atoms with Crippen molar-refractivity contribution in [2.75, 3.05) is 6.54 Å². The molecule has 8 heavy (non-hydrogen) atoms. The van der Waals surface area contributed by atoms with E-state index in [9.17, 15) is 4.79 Å². The van der Waals surface area contributed by atoms with E-state index in [1.54, 1.807) is 0 Å². The molecule has 4 N–H and O–H groups in total. The van der Waals surface area contributed by atoms with Crippen molar-refractivity contribution in [2.24, 2.45) is 5.73 Å². The summed E-state index contributed by atoms with van der Waals surface area (Å²) in [4.78, 5) is 9.24. The zero-order chi connectivity index (χ0) is 6.28. The molecule has 0 saturated carbocycles. The molecule has 0 aromatic heterocycles. The Labute approximate surface area is 62.3 Å². The van der Waals surface area contributed by atoms with Crippen molar-refractivity contribution in [1.29, 1.82) is 0 Å². The Morgan fingerprint density at radius 1 is 1.62 bits per heavy atom. The summed E-state index contributed by atoms with van der Waals surface area (Å²) in [6.07, 6.45) is 0. The van der Waals surface area contributed by atoms with Crippen LogP contribution in [0.2, 0.25) is 0 Å². The molecular formula is C2H6ClFeNO3. The third-order valence-electron chi connectivity index (χ3n) is 0.175. The average molecular weight is 183 g/mol. The molecule has 0 unspecified atom stereocenters. The fraction of sp³-hybridized carbons (Fsp3) is 0.500. The summed E-state index contributed by atoms with van der Waals surface area (Å²) >= 11 is 3.64. The third-order valence-corrected chi connectivity index (χ3v) is 0.175. The second kappa shape index (κ2) is 15.7. The Bertz CT molecular complexity index is 52.5. The number of rotatable bonds is 1. The van der Waals surface area contributed by atoms with E-state index in [0.29, 0.717) is 0 Å². The fourth-order valence-corrected chi connectivity index (χ4v) is 0. The Kier molecular flexibility index (Phi) is 30.8. The first-order valence-corrected chi connectivity index (χ1v) is 1.70. The molecule has 0 aromatic rings. The maximum Gasteiger partial charge on any atom is 0.317 e. The van der Waals surface area contributed by atoms with E-state index in [4.69, 9.17) is 9.77 Å². The van der Waals surface area contributed by atoms with Crippen molar-refractivity contribution in [3.63, 3.8) is 0 Å². The van der Waals surface area contributed by atoms with Crippen LogP contribution in [0.15, 0.2) is 0 Å². The van der Waals surface area contributed by atoms with Gasteiger partial charge in [-0.2, -0.15) is 0 Å². The quantitative estimate of drug-likeness (QED) is 0.463. The van der Waals surface area contributed by atoms with Gasteiger partial charge in [-0.15, -0.1) is 0 Å². The van der Waals surface area contributed by atoms with Crippen molar-refractivity contribution in [1.82, 2.24) is 0 Å². The summed E-state index contributed by atoms with van der Waals surface area (Å²) in [5, 5.41) is 7.60. The number of nitrogens with two attached hydrogens (primary N) is 1. The van der Waals surface area contributed by atoms with Gasteiger partial charge in [-0.1, -0.05) is 0 Å². The van der Waals surface area contributed by atoms with Crippen molar-refractivity contribution >= 4 is 17.8 Å². The van der Waals surface area contributed by atoms with Crippen molar-refractivity contribution in [2.45, 2.75) is 0 Å². The van der Waals surface area contributed by atoms with E-state index in [0.717, 1.165) is 0 Å². The van der Waals surface area contributed by atoms with E-state index in [1.807, 2.05) is 0 Å². The van der Waals surface area contributed by atoms with E-state index in [-0.39, 0.29) is 23.6 Å². The van der Waals surface area contributed by atoms with Crippen molar-refractivity contribution in [3.8, 4) is 0 Å². The average Bonchev–Trinajstić information content (AvgIpc) is 1.73. The predicted octanol–water partition coefficient (Wildman–Crippen LogP) is -0.840. The van der Waals surface area contributed by atoms with Gasteiger partial charge in [-0.3, -0.25) is 9.45 Å². The van der Waals surface area contributed by atoms with Gasteiger partial charge in [0.1, 0.15) is 0 Å². The Morgan fingerprint density at radius 2 is 1.75 bits per heavy atom. The molecule has 0 spiro atoms. The normalized spacial score (nSPS) is 5.38. The van der Waals surface area contributed by atoms with E-state index in [2.05, 4.69) is 17.6 Å².